The molecule has 0 aliphatic rings. The summed E-state index contributed by atoms with van der Waals surface area (Å²) in [5, 5.41) is 6.87. The lowest BCUT2D eigenvalue weighted by molar-refractivity contribution is -0.123. The lowest BCUT2D eigenvalue weighted by atomic mass is 10.1. The molecule has 0 aliphatic carbocycles. The van der Waals surface area contributed by atoms with Crippen molar-refractivity contribution in [2.24, 2.45) is 5.10 Å². The first kappa shape index (κ1) is 22.6. The summed E-state index contributed by atoms with van der Waals surface area (Å²) in [5.74, 6) is 0.718. The van der Waals surface area contributed by atoms with Gasteiger partial charge in [0.25, 0.3) is 11.8 Å². The van der Waals surface area contributed by atoms with Crippen LogP contribution in [0.3, 0.4) is 0 Å². The van der Waals surface area contributed by atoms with E-state index >= 15 is 0 Å². The van der Waals surface area contributed by atoms with Crippen LogP contribution in [-0.4, -0.2) is 31.7 Å². The summed E-state index contributed by atoms with van der Waals surface area (Å²) in [5.41, 5.74) is 4.76. The molecular formula is C25H25N3O4. The Hall–Kier alpha value is -4.13. The van der Waals surface area contributed by atoms with Gasteiger partial charge in [-0.2, -0.15) is 5.10 Å². The molecule has 0 radical (unpaired) electrons. The SMILES string of the molecule is COc1ccc(C(=O)N/N=C/c2ccc(OCC(=O)N[C@H](C)c3ccccc3)cc2)cc1. The zero-order chi connectivity index (χ0) is 22.8. The second-order valence-corrected chi connectivity index (χ2v) is 6.99. The first-order chi connectivity index (χ1) is 15.5. The van der Waals surface area contributed by atoms with Gasteiger partial charge in [-0.15, -0.1) is 0 Å². The van der Waals surface area contributed by atoms with E-state index in [1.165, 1.54) is 6.21 Å². The van der Waals surface area contributed by atoms with Gasteiger partial charge in [0.2, 0.25) is 0 Å². The lowest BCUT2D eigenvalue weighted by Gasteiger charge is -2.14. The van der Waals surface area contributed by atoms with Crippen molar-refractivity contribution >= 4 is 18.0 Å². The van der Waals surface area contributed by atoms with E-state index in [2.05, 4.69) is 15.8 Å². The van der Waals surface area contributed by atoms with Gasteiger partial charge >= 0.3 is 0 Å². The number of carbonyl (C=O) groups is 2. The average Bonchev–Trinajstić information content (AvgIpc) is 2.84. The molecule has 3 rings (SSSR count). The van der Waals surface area contributed by atoms with Gasteiger partial charge in [-0.25, -0.2) is 5.43 Å². The smallest absolute Gasteiger partial charge is 0.271 e. The van der Waals surface area contributed by atoms with Gasteiger partial charge in [0, 0.05) is 5.56 Å². The van der Waals surface area contributed by atoms with Crippen molar-refractivity contribution in [1.82, 2.24) is 10.7 Å². The second-order valence-electron chi connectivity index (χ2n) is 6.99. The van der Waals surface area contributed by atoms with Crippen molar-refractivity contribution in [2.75, 3.05) is 13.7 Å². The van der Waals surface area contributed by atoms with Crippen LogP contribution < -0.4 is 20.2 Å². The second kappa shape index (κ2) is 11.3. The third kappa shape index (κ3) is 6.70. The third-order valence-corrected chi connectivity index (χ3v) is 4.66. The van der Waals surface area contributed by atoms with Crippen LogP contribution in [0.2, 0.25) is 0 Å². The fourth-order valence-corrected chi connectivity index (χ4v) is 2.88. The van der Waals surface area contributed by atoms with E-state index < -0.39 is 0 Å². The largest absolute Gasteiger partial charge is 0.497 e. The summed E-state index contributed by atoms with van der Waals surface area (Å²) < 4.78 is 10.6. The first-order valence-corrected chi connectivity index (χ1v) is 10.1. The van der Waals surface area contributed by atoms with Crippen LogP contribution in [0.5, 0.6) is 11.5 Å². The van der Waals surface area contributed by atoms with Gasteiger partial charge in [-0.1, -0.05) is 30.3 Å². The van der Waals surface area contributed by atoms with E-state index in [1.807, 2.05) is 37.3 Å². The van der Waals surface area contributed by atoms with Crippen molar-refractivity contribution in [3.05, 3.63) is 95.6 Å². The molecular weight excluding hydrogens is 406 g/mol. The molecule has 0 fully saturated rings. The summed E-state index contributed by atoms with van der Waals surface area (Å²) >= 11 is 0. The fraction of sp³-hybridized carbons (Fsp3) is 0.160. The lowest BCUT2D eigenvalue weighted by Crippen LogP contribution is -2.31. The van der Waals surface area contributed by atoms with Gasteiger partial charge in [-0.3, -0.25) is 9.59 Å². The Labute approximate surface area is 187 Å². The molecule has 0 saturated heterocycles. The molecule has 7 heteroatoms. The number of rotatable bonds is 9. The Morgan fingerprint density at radius 1 is 0.938 bits per heavy atom. The molecule has 3 aromatic rings. The fourth-order valence-electron chi connectivity index (χ4n) is 2.88. The Bertz CT molecular complexity index is 1050. The van der Waals surface area contributed by atoms with Gasteiger partial charge in [-0.05, 0) is 66.6 Å². The number of hydrogen-bond donors (Lipinski definition) is 2. The standard InChI is InChI=1S/C25H25N3O4/c1-18(20-6-4-3-5-7-20)27-24(29)17-32-23-12-8-19(9-13-23)16-26-28-25(30)21-10-14-22(31-2)15-11-21/h3-16,18H,17H2,1-2H3,(H,27,29)(H,28,30)/b26-16+/t18-/m1/s1. The Kier molecular flexibility index (Phi) is 7.97. The van der Waals surface area contributed by atoms with Crippen LogP contribution in [0.4, 0.5) is 0 Å². The molecule has 0 spiro atoms. The minimum Gasteiger partial charge on any atom is -0.497 e. The van der Waals surface area contributed by atoms with Crippen LogP contribution >= 0.6 is 0 Å². The van der Waals surface area contributed by atoms with E-state index in [-0.39, 0.29) is 24.5 Å². The van der Waals surface area contributed by atoms with Crippen molar-refractivity contribution in [1.29, 1.82) is 0 Å². The maximum absolute atomic E-state index is 12.1. The van der Waals surface area contributed by atoms with Crippen LogP contribution in [0.25, 0.3) is 0 Å². The number of methoxy groups -OCH3 is 1. The Morgan fingerprint density at radius 2 is 1.59 bits per heavy atom. The maximum atomic E-state index is 12.1. The highest BCUT2D eigenvalue weighted by Gasteiger charge is 2.09. The molecule has 0 unspecified atom stereocenters. The number of nitrogens with zero attached hydrogens (tertiary/aromatic N) is 1. The first-order valence-electron chi connectivity index (χ1n) is 10.1. The van der Waals surface area contributed by atoms with E-state index in [9.17, 15) is 9.59 Å². The topological polar surface area (TPSA) is 89.0 Å². The summed E-state index contributed by atoms with van der Waals surface area (Å²) in [7, 11) is 1.57. The van der Waals surface area contributed by atoms with Crippen molar-refractivity contribution in [3.8, 4) is 11.5 Å². The number of ether oxygens (including phenoxy) is 2. The highest BCUT2D eigenvalue weighted by molar-refractivity contribution is 5.95. The van der Waals surface area contributed by atoms with Crippen LogP contribution in [0.1, 0.15) is 34.5 Å². The number of amides is 2. The summed E-state index contributed by atoms with van der Waals surface area (Å²) in [6.07, 6.45) is 1.53. The van der Waals surface area contributed by atoms with Gasteiger partial charge in [0.15, 0.2) is 6.61 Å². The van der Waals surface area contributed by atoms with Crippen LogP contribution in [0, 0.1) is 0 Å². The number of hydrazone groups is 1. The van der Waals surface area contributed by atoms with Crippen LogP contribution in [-0.2, 0) is 4.79 Å². The number of hydrogen-bond acceptors (Lipinski definition) is 5. The Balaban J connectivity index is 1.44. The molecule has 32 heavy (non-hydrogen) atoms. The zero-order valence-corrected chi connectivity index (χ0v) is 17.9. The normalized spacial score (nSPS) is 11.6. The quantitative estimate of drug-likeness (QED) is 0.399. The monoisotopic (exact) mass is 431 g/mol. The minimum atomic E-state index is -0.320. The molecule has 0 bridgehead atoms. The predicted octanol–water partition coefficient (Wildman–Crippen LogP) is 3.72. The van der Waals surface area contributed by atoms with Crippen molar-refractivity contribution < 1.29 is 19.1 Å². The molecule has 1 atom stereocenters. The van der Waals surface area contributed by atoms with Gasteiger partial charge in [0.1, 0.15) is 11.5 Å². The molecule has 0 aromatic heterocycles. The van der Waals surface area contributed by atoms with E-state index in [0.717, 1.165) is 11.1 Å². The molecule has 7 nitrogen and oxygen atoms in total. The van der Waals surface area contributed by atoms with Crippen molar-refractivity contribution in [3.63, 3.8) is 0 Å². The molecule has 2 N–H and O–H groups in total. The molecule has 0 heterocycles. The number of carbonyl (C=O) groups excluding carboxylic acids is 2. The third-order valence-electron chi connectivity index (χ3n) is 4.66. The van der Waals surface area contributed by atoms with Crippen LogP contribution in [0.15, 0.2) is 84.0 Å². The molecule has 0 aliphatic heterocycles. The molecule has 164 valence electrons. The zero-order valence-electron chi connectivity index (χ0n) is 17.9. The summed E-state index contributed by atoms with van der Waals surface area (Å²) in [6, 6.07) is 23.4. The van der Waals surface area contributed by atoms with E-state index in [1.54, 1.807) is 55.6 Å². The van der Waals surface area contributed by atoms with Gasteiger partial charge in [0.05, 0.1) is 19.4 Å². The summed E-state index contributed by atoms with van der Waals surface area (Å²) in [6.45, 7) is 1.84. The number of nitrogens with one attached hydrogen (secondary N) is 2. The molecule has 2 amide bonds. The van der Waals surface area contributed by atoms with E-state index in [0.29, 0.717) is 17.1 Å². The molecule has 3 aromatic carbocycles. The average molecular weight is 431 g/mol. The predicted molar refractivity (Wildman–Crippen MR) is 123 cm³/mol. The highest BCUT2D eigenvalue weighted by atomic mass is 16.5. The van der Waals surface area contributed by atoms with Gasteiger partial charge < -0.3 is 14.8 Å². The summed E-state index contributed by atoms with van der Waals surface area (Å²) in [4.78, 5) is 24.2. The van der Waals surface area contributed by atoms with E-state index in [4.69, 9.17) is 9.47 Å². The maximum Gasteiger partial charge on any atom is 0.271 e. The highest BCUT2D eigenvalue weighted by Crippen LogP contribution is 2.13. The molecule has 0 saturated carbocycles. The van der Waals surface area contributed by atoms with Crippen molar-refractivity contribution in [2.45, 2.75) is 13.0 Å². The Morgan fingerprint density at radius 3 is 2.25 bits per heavy atom. The minimum absolute atomic E-state index is 0.0808. The number of benzene rings is 3.